The molecule has 0 saturated heterocycles. The summed E-state index contributed by atoms with van der Waals surface area (Å²) in [7, 11) is 0. The summed E-state index contributed by atoms with van der Waals surface area (Å²) < 4.78 is 0.896. The molecule has 0 saturated carbocycles. The number of hydrogen-bond acceptors (Lipinski definition) is 2. The molecular formula is C10H9BrClN3. The van der Waals surface area contributed by atoms with Crippen LogP contribution < -0.4 is 5.32 Å². The molecule has 2 rings (SSSR count). The van der Waals surface area contributed by atoms with Gasteiger partial charge in [-0.15, -0.1) is 0 Å². The summed E-state index contributed by atoms with van der Waals surface area (Å²) >= 11 is 9.31. The second-order valence-corrected chi connectivity index (χ2v) is 4.28. The molecule has 5 heteroatoms. The highest BCUT2D eigenvalue weighted by molar-refractivity contribution is 9.10. The molecule has 0 aliphatic carbocycles. The van der Waals surface area contributed by atoms with Crippen LogP contribution in [0.15, 0.2) is 35.1 Å². The molecule has 15 heavy (non-hydrogen) atoms. The first kappa shape index (κ1) is 10.5. The maximum Gasteiger partial charge on any atom is 0.125 e. The summed E-state index contributed by atoms with van der Waals surface area (Å²) in [6.07, 6.45) is 3.52. The molecule has 0 radical (unpaired) electrons. The fourth-order valence-electron chi connectivity index (χ4n) is 1.19. The lowest BCUT2D eigenvalue weighted by molar-refractivity contribution is 1.000. The van der Waals surface area contributed by atoms with E-state index >= 15 is 0 Å². The van der Waals surface area contributed by atoms with Gasteiger partial charge in [-0.1, -0.05) is 11.6 Å². The van der Waals surface area contributed by atoms with Crippen molar-refractivity contribution in [2.75, 3.05) is 5.32 Å². The van der Waals surface area contributed by atoms with Crippen LogP contribution in [0.5, 0.6) is 0 Å². The van der Waals surface area contributed by atoms with Gasteiger partial charge in [0, 0.05) is 22.6 Å². The smallest absolute Gasteiger partial charge is 0.125 e. The van der Waals surface area contributed by atoms with Crippen molar-refractivity contribution < 1.29 is 0 Å². The minimum absolute atomic E-state index is 0.658. The van der Waals surface area contributed by atoms with Gasteiger partial charge in [0.05, 0.1) is 11.6 Å². The van der Waals surface area contributed by atoms with Crippen LogP contribution in [-0.2, 0) is 6.54 Å². The van der Waals surface area contributed by atoms with E-state index in [-0.39, 0.29) is 0 Å². The van der Waals surface area contributed by atoms with Crippen molar-refractivity contribution in [1.82, 2.24) is 9.97 Å². The molecule has 0 amide bonds. The number of aromatic amines is 1. The maximum absolute atomic E-state index is 5.96. The second kappa shape index (κ2) is 4.68. The van der Waals surface area contributed by atoms with Crippen LogP contribution in [0.1, 0.15) is 5.82 Å². The van der Waals surface area contributed by atoms with E-state index in [9.17, 15) is 0 Å². The molecule has 0 unspecified atom stereocenters. The van der Waals surface area contributed by atoms with E-state index in [2.05, 4.69) is 31.2 Å². The average molecular weight is 287 g/mol. The minimum Gasteiger partial charge on any atom is -0.378 e. The molecule has 78 valence electrons. The van der Waals surface area contributed by atoms with Crippen molar-refractivity contribution in [3.63, 3.8) is 0 Å². The lowest BCUT2D eigenvalue weighted by Gasteiger charge is -2.05. The number of aromatic nitrogens is 2. The Kier molecular flexibility index (Phi) is 3.28. The molecule has 0 bridgehead atoms. The third kappa shape index (κ3) is 2.73. The van der Waals surface area contributed by atoms with Gasteiger partial charge in [-0.3, -0.25) is 0 Å². The fourth-order valence-corrected chi connectivity index (χ4v) is 1.61. The zero-order chi connectivity index (χ0) is 10.7. The third-order valence-corrected chi connectivity index (χ3v) is 3.17. The van der Waals surface area contributed by atoms with Gasteiger partial charge in [-0.05, 0) is 34.1 Å². The number of rotatable bonds is 3. The van der Waals surface area contributed by atoms with E-state index in [1.165, 1.54) is 0 Å². The van der Waals surface area contributed by atoms with E-state index < -0.39 is 0 Å². The number of benzene rings is 1. The monoisotopic (exact) mass is 285 g/mol. The molecule has 3 nitrogen and oxygen atoms in total. The van der Waals surface area contributed by atoms with Gasteiger partial charge in [0.25, 0.3) is 0 Å². The first-order chi connectivity index (χ1) is 7.25. The minimum atomic E-state index is 0.658. The highest BCUT2D eigenvalue weighted by Crippen LogP contribution is 2.25. The third-order valence-electron chi connectivity index (χ3n) is 1.93. The second-order valence-electron chi connectivity index (χ2n) is 3.02. The van der Waals surface area contributed by atoms with Crippen molar-refractivity contribution in [1.29, 1.82) is 0 Å². The van der Waals surface area contributed by atoms with Crippen LogP contribution in [0, 0.1) is 0 Å². The maximum atomic E-state index is 5.96. The van der Waals surface area contributed by atoms with Crippen LogP contribution in [-0.4, -0.2) is 9.97 Å². The van der Waals surface area contributed by atoms with E-state index in [1.54, 1.807) is 12.4 Å². The van der Waals surface area contributed by atoms with Gasteiger partial charge in [0.2, 0.25) is 0 Å². The van der Waals surface area contributed by atoms with Gasteiger partial charge in [-0.2, -0.15) is 0 Å². The zero-order valence-corrected chi connectivity index (χ0v) is 10.1. The van der Waals surface area contributed by atoms with Crippen molar-refractivity contribution in [3.05, 3.63) is 45.9 Å². The predicted octanol–water partition coefficient (Wildman–Crippen LogP) is 3.44. The molecule has 0 aliphatic rings. The standard InChI is InChI=1S/C10H9BrClN3/c11-8-2-1-7(5-9(8)12)15-6-10-13-3-4-14-10/h1-5,15H,6H2,(H,13,14). The number of halogens is 2. The van der Waals surface area contributed by atoms with Gasteiger partial charge >= 0.3 is 0 Å². The Labute approximate surface area is 101 Å². The molecule has 1 aromatic heterocycles. The van der Waals surface area contributed by atoms with Crippen molar-refractivity contribution in [3.8, 4) is 0 Å². The van der Waals surface area contributed by atoms with Crippen LogP contribution in [0.25, 0.3) is 0 Å². The van der Waals surface area contributed by atoms with Crippen molar-refractivity contribution in [2.45, 2.75) is 6.54 Å². The lowest BCUT2D eigenvalue weighted by atomic mass is 10.3. The quantitative estimate of drug-likeness (QED) is 0.907. The average Bonchev–Trinajstić information content (AvgIpc) is 2.73. The van der Waals surface area contributed by atoms with E-state index in [1.807, 2.05) is 18.2 Å². The number of nitrogens with one attached hydrogen (secondary N) is 2. The summed E-state index contributed by atoms with van der Waals surface area (Å²) in [6, 6.07) is 5.74. The Hall–Kier alpha value is -1.00. The lowest BCUT2D eigenvalue weighted by Crippen LogP contribution is -2.00. The topological polar surface area (TPSA) is 40.7 Å². The zero-order valence-electron chi connectivity index (χ0n) is 7.80. The van der Waals surface area contributed by atoms with E-state index in [4.69, 9.17) is 11.6 Å². The fraction of sp³-hybridized carbons (Fsp3) is 0.100. The number of H-pyrrole nitrogens is 1. The Morgan fingerprint density at radius 3 is 3.00 bits per heavy atom. The van der Waals surface area contributed by atoms with Gasteiger partial charge in [0.1, 0.15) is 5.82 Å². The van der Waals surface area contributed by atoms with Crippen molar-refractivity contribution >= 4 is 33.2 Å². The van der Waals surface area contributed by atoms with Crippen LogP contribution in [0.3, 0.4) is 0 Å². The summed E-state index contributed by atoms with van der Waals surface area (Å²) in [6.45, 7) is 0.658. The number of nitrogens with zero attached hydrogens (tertiary/aromatic N) is 1. The molecule has 1 heterocycles. The first-order valence-corrected chi connectivity index (χ1v) is 5.60. The highest BCUT2D eigenvalue weighted by Gasteiger charge is 1.99. The molecule has 2 N–H and O–H groups in total. The van der Waals surface area contributed by atoms with Gasteiger partial charge in [-0.25, -0.2) is 4.98 Å². The molecule has 1 aromatic carbocycles. The van der Waals surface area contributed by atoms with E-state index in [0.29, 0.717) is 11.6 Å². The molecule has 0 fully saturated rings. The normalized spacial score (nSPS) is 10.3. The molecular weight excluding hydrogens is 277 g/mol. The SMILES string of the molecule is Clc1cc(NCc2ncc[nH]2)ccc1Br. The van der Waals surface area contributed by atoms with E-state index in [0.717, 1.165) is 16.0 Å². The Balaban J connectivity index is 2.02. The number of imidazole rings is 1. The number of hydrogen-bond donors (Lipinski definition) is 2. The van der Waals surface area contributed by atoms with Gasteiger partial charge in [0.15, 0.2) is 0 Å². The molecule has 0 spiro atoms. The molecule has 2 aromatic rings. The molecule has 0 aliphatic heterocycles. The van der Waals surface area contributed by atoms with Crippen molar-refractivity contribution in [2.24, 2.45) is 0 Å². The summed E-state index contributed by atoms with van der Waals surface area (Å²) in [5, 5.41) is 3.91. The number of anilines is 1. The molecule has 0 atom stereocenters. The summed E-state index contributed by atoms with van der Waals surface area (Å²) in [5.74, 6) is 0.897. The van der Waals surface area contributed by atoms with Crippen LogP contribution in [0.4, 0.5) is 5.69 Å². The largest absolute Gasteiger partial charge is 0.378 e. The Bertz CT molecular complexity index is 442. The first-order valence-electron chi connectivity index (χ1n) is 4.43. The Morgan fingerprint density at radius 1 is 1.47 bits per heavy atom. The highest BCUT2D eigenvalue weighted by atomic mass is 79.9. The predicted molar refractivity (Wildman–Crippen MR) is 65.1 cm³/mol. The summed E-state index contributed by atoms with van der Waals surface area (Å²) in [5.41, 5.74) is 0.972. The van der Waals surface area contributed by atoms with Gasteiger partial charge < -0.3 is 10.3 Å². The van der Waals surface area contributed by atoms with Crippen LogP contribution in [0.2, 0.25) is 5.02 Å². The Morgan fingerprint density at radius 2 is 2.33 bits per heavy atom. The summed E-state index contributed by atoms with van der Waals surface area (Å²) in [4.78, 5) is 7.13. The van der Waals surface area contributed by atoms with Crippen LogP contribution >= 0.6 is 27.5 Å².